The second-order valence-electron chi connectivity index (χ2n) is 13.9. The average Bonchev–Trinajstić information content (AvgIpc) is 3.21. The lowest BCUT2D eigenvalue weighted by Gasteiger charge is -2.37. The van der Waals surface area contributed by atoms with Gasteiger partial charge in [0, 0.05) is 30.1 Å². The monoisotopic (exact) mass is 736 g/mol. The summed E-state index contributed by atoms with van der Waals surface area (Å²) in [5.74, 6) is -2.99. The number of sulfone groups is 1. The molecule has 0 bridgehead atoms. The van der Waals surface area contributed by atoms with Crippen molar-refractivity contribution in [2.75, 3.05) is 30.1 Å². The third-order valence-electron chi connectivity index (χ3n) is 9.71. The van der Waals surface area contributed by atoms with Crippen molar-refractivity contribution in [1.82, 2.24) is 5.32 Å². The van der Waals surface area contributed by atoms with Crippen molar-refractivity contribution in [2.45, 2.75) is 88.5 Å². The molecule has 1 amide bonds. The number of anilines is 2. The molecule has 0 unspecified atom stereocenters. The van der Waals surface area contributed by atoms with Gasteiger partial charge in [-0.3, -0.25) is 14.4 Å². The lowest BCUT2D eigenvalue weighted by molar-refractivity contribution is -0.145. The van der Waals surface area contributed by atoms with Gasteiger partial charge in [-0.25, -0.2) is 8.42 Å². The fourth-order valence-electron chi connectivity index (χ4n) is 6.86. The fraction of sp³-hybridized carbons (Fsp3) is 0.475. The number of ketones is 1. The van der Waals surface area contributed by atoms with E-state index in [0.29, 0.717) is 22.7 Å². The highest BCUT2D eigenvalue weighted by Gasteiger charge is 2.42. The van der Waals surface area contributed by atoms with E-state index in [1.165, 1.54) is 11.8 Å². The number of hydrogen-bond donors (Lipinski definition) is 2. The maximum atomic E-state index is 14.4. The molecule has 51 heavy (non-hydrogen) atoms. The third-order valence-corrected chi connectivity index (χ3v) is 12.5. The molecule has 1 heterocycles. The van der Waals surface area contributed by atoms with E-state index >= 15 is 0 Å². The summed E-state index contributed by atoms with van der Waals surface area (Å²) in [6, 6.07) is 20.9. The molecule has 0 aliphatic carbocycles. The van der Waals surface area contributed by atoms with E-state index in [9.17, 15) is 27.9 Å². The van der Waals surface area contributed by atoms with Crippen LogP contribution in [0.4, 0.5) is 11.4 Å². The predicted molar refractivity (Wildman–Crippen MR) is 204 cm³/mol. The minimum Gasteiger partial charge on any atom is -0.483 e. The molecular formula is C40H52N2O7S2. The number of unbranched alkanes of at least 4 members (excludes halogenated alkanes) is 2. The Bertz CT molecular complexity index is 1740. The van der Waals surface area contributed by atoms with Gasteiger partial charge >= 0.3 is 5.97 Å². The number of carbonyl (C=O) groups is 3. The summed E-state index contributed by atoms with van der Waals surface area (Å²) >= 11 is 1.39. The third kappa shape index (κ3) is 10.2. The molecular weight excluding hydrogens is 685 g/mol. The molecule has 0 spiro atoms. The molecule has 0 saturated carbocycles. The van der Waals surface area contributed by atoms with Gasteiger partial charge in [0.2, 0.25) is 0 Å². The first-order valence-corrected chi connectivity index (χ1v) is 20.7. The van der Waals surface area contributed by atoms with Crippen molar-refractivity contribution in [1.29, 1.82) is 0 Å². The number of nitrogens with zero attached hydrogens (tertiary/aromatic N) is 1. The molecule has 1 aliphatic heterocycles. The van der Waals surface area contributed by atoms with E-state index in [1.54, 1.807) is 50.2 Å². The Labute approximate surface area is 307 Å². The number of hydrogen-bond acceptors (Lipinski definition) is 8. The summed E-state index contributed by atoms with van der Waals surface area (Å²) in [7, 11) is -3.79. The molecule has 1 aliphatic rings. The molecule has 9 nitrogen and oxygen atoms in total. The highest BCUT2D eigenvalue weighted by atomic mass is 32.2. The average molecular weight is 737 g/mol. The van der Waals surface area contributed by atoms with Crippen molar-refractivity contribution in [3.8, 4) is 5.75 Å². The minimum absolute atomic E-state index is 0.0173. The number of benzene rings is 3. The Morgan fingerprint density at radius 1 is 0.961 bits per heavy atom. The van der Waals surface area contributed by atoms with Gasteiger partial charge in [0.1, 0.15) is 11.8 Å². The second-order valence-corrected chi connectivity index (χ2v) is 16.7. The molecule has 0 fully saturated rings. The van der Waals surface area contributed by atoms with Crippen molar-refractivity contribution in [2.24, 2.45) is 17.3 Å². The number of rotatable bonds is 18. The van der Waals surface area contributed by atoms with Crippen LogP contribution >= 0.6 is 11.8 Å². The zero-order valence-electron chi connectivity index (χ0n) is 30.4. The zero-order chi connectivity index (χ0) is 37.2. The molecule has 2 atom stereocenters. The number of Topliss-reactive ketones (excluding diaryl/α,β-unsaturated/α-hetero) is 1. The molecule has 0 aromatic heterocycles. The first kappa shape index (κ1) is 39.9. The van der Waals surface area contributed by atoms with Crippen molar-refractivity contribution >= 4 is 50.6 Å². The number of carbonyl (C=O) groups excluding carboxylic acids is 2. The highest BCUT2D eigenvalue weighted by Crippen LogP contribution is 2.47. The van der Waals surface area contributed by atoms with Crippen molar-refractivity contribution < 1.29 is 32.6 Å². The van der Waals surface area contributed by atoms with E-state index < -0.39 is 51.5 Å². The smallest absolute Gasteiger partial charge is 0.307 e. The second kappa shape index (κ2) is 18.1. The van der Waals surface area contributed by atoms with Crippen LogP contribution in [0.2, 0.25) is 0 Å². The Morgan fingerprint density at radius 2 is 1.57 bits per heavy atom. The number of amides is 1. The number of nitrogens with one attached hydrogen (secondary N) is 1. The number of thioether (sulfide) groups is 1. The van der Waals surface area contributed by atoms with Crippen LogP contribution in [-0.2, 0) is 24.2 Å². The molecule has 276 valence electrons. The van der Waals surface area contributed by atoms with Crippen LogP contribution in [-0.4, -0.2) is 56.3 Å². The predicted octanol–water partition coefficient (Wildman–Crippen LogP) is 8.25. The number of aliphatic carboxylic acids is 1. The lowest BCUT2D eigenvalue weighted by Crippen LogP contribution is -2.38. The van der Waals surface area contributed by atoms with Crippen LogP contribution in [0.25, 0.3) is 0 Å². The summed E-state index contributed by atoms with van der Waals surface area (Å²) in [6.07, 6.45) is 7.02. The molecule has 11 heteroatoms. The largest absolute Gasteiger partial charge is 0.483 e. The molecule has 0 saturated heterocycles. The van der Waals surface area contributed by atoms with Gasteiger partial charge in [-0.05, 0) is 48.8 Å². The number of carboxylic acids is 1. The summed E-state index contributed by atoms with van der Waals surface area (Å²) in [4.78, 5) is 41.7. The van der Waals surface area contributed by atoms with E-state index in [4.69, 9.17) is 4.74 Å². The van der Waals surface area contributed by atoms with Gasteiger partial charge in [0.15, 0.2) is 22.2 Å². The van der Waals surface area contributed by atoms with Crippen molar-refractivity contribution in [3.63, 3.8) is 0 Å². The SMILES string of the molecule is CCCCC1(CCCC)CN(c2ccccc2)c2cc(SC)c(OCC(=O)N[C@@H](C(=O)C[C@H](C(=O)O)C(C)C)c3ccccc3)cc2S(=O)(=O)C1. The van der Waals surface area contributed by atoms with Crippen LogP contribution in [0.15, 0.2) is 82.6 Å². The van der Waals surface area contributed by atoms with Gasteiger partial charge < -0.3 is 20.1 Å². The molecule has 4 rings (SSSR count). The quantitative estimate of drug-likeness (QED) is 0.124. The van der Waals surface area contributed by atoms with Gasteiger partial charge in [-0.1, -0.05) is 102 Å². The van der Waals surface area contributed by atoms with Crippen LogP contribution < -0.4 is 15.0 Å². The summed E-state index contributed by atoms with van der Waals surface area (Å²) in [5, 5.41) is 12.5. The molecule has 3 aromatic rings. The summed E-state index contributed by atoms with van der Waals surface area (Å²) < 4.78 is 34.9. The summed E-state index contributed by atoms with van der Waals surface area (Å²) in [6.45, 7) is 7.83. The van der Waals surface area contributed by atoms with E-state index in [2.05, 4.69) is 24.1 Å². The maximum Gasteiger partial charge on any atom is 0.307 e. The number of ether oxygens (including phenoxy) is 1. The number of carboxylic acid groups (broad SMARTS) is 1. The van der Waals surface area contributed by atoms with Crippen LogP contribution in [0.5, 0.6) is 5.75 Å². The summed E-state index contributed by atoms with van der Waals surface area (Å²) in [5.41, 5.74) is 1.58. The number of para-hydroxylation sites is 1. The molecule has 2 N–H and O–H groups in total. The van der Waals surface area contributed by atoms with Gasteiger partial charge in [0.25, 0.3) is 5.91 Å². The van der Waals surface area contributed by atoms with Crippen molar-refractivity contribution in [3.05, 3.63) is 78.4 Å². The van der Waals surface area contributed by atoms with Gasteiger partial charge in [0.05, 0.1) is 27.1 Å². The lowest BCUT2D eigenvalue weighted by atomic mass is 9.79. The van der Waals surface area contributed by atoms with E-state index in [-0.39, 0.29) is 28.7 Å². The van der Waals surface area contributed by atoms with Crippen LogP contribution in [0.3, 0.4) is 0 Å². The highest BCUT2D eigenvalue weighted by molar-refractivity contribution is 7.98. The standard InChI is InChI=1S/C40H52N2O7S2/c1-6-8-20-40(21-9-7-2)26-42(30-18-14-11-15-19-30)32-23-35(50-5)34(24-36(32)51(47,48)27-40)49-25-37(44)41-38(29-16-12-10-13-17-29)33(43)22-31(28(3)4)39(45)46/h10-19,23-24,28,31,38H,6-9,20-22,25-27H2,1-5H3,(H,41,44)(H,45,46)/t31-,38+/m0/s1. The van der Waals surface area contributed by atoms with Gasteiger partial charge in [-0.2, -0.15) is 0 Å². The fourth-order valence-corrected chi connectivity index (χ4v) is 9.53. The Kier molecular flexibility index (Phi) is 14.2. The Balaban J connectivity index is 1.68. The minimum atomic E-state index is -3.79. The number of fused-ring (bicyclic) bond motifs is 1. The first-order valence-electron chi connectivity index (χ1n) is 17.8. The normalized spacial score (nSPS) is 16.1. The topological polar surface area (TPSA) is 130 Å². The molecule has 0 radical (unpaired) electrons. The van der Waals surface area contributed by atoms with Crippen LogP contribution in [0, 0.1) is 17.3 Å². The Morgan fingerprint density at radius 3 is 2.12 bits per heavy atom. The van der Waals surface area contributed by atoms with E-state index in [1.807, 2.05) is 42.7 Å². The maximum absolute atomic E-state index is 14.4. The van der Waals surface area contributed by atoms with Crippen LogP contribution in [0.1, 0.15) is 84.2 Å². The Hall–Kier alpha value is -3.83. The van der Waals surface area contributed by atoms with E-state index in [0.717, 1.165) is 44.2 Å². The van der Waals surface area contributed by atoms with Gasteiger partial charge in [-0.15, -0.1) is 11.8 Å². The zero-order valence-corrected chi connectivity index (χ0v) is 32.0. The molecule has 3 aromatic carbocycles. The first-order chi connectivity index (χ1) is 24.3.